The van der Waals surface area contributed by atoms with Crippen molar-refractivity contribution < 1.29 is 4.79 Å². The lowest BCUT2D eigenvalue weighted by atomic mass is 10.0. The number of benzene rings is 1. The smallest absolute Gasteiger partial charge is 0.169 e. The van der Waals surface area contributed by atoms with Gasteiger partial charge in [0.05, 0.1) is 28.6 Å². The van der Waals surface area contributed by atoms with Gasteiger partial charge in [-0.2, -0.15) is 22.3 Å². The Morgan fingerprint density at radius 1 is 1.32 bits per heavy atom. The van der Waals surface area contributed by atoms with Gasteiger partial charge in [-0.15, -0.1) is 11.3 Å². The second-order valence-corrected chi connectivity index (χ2v) is 6.67. The van der Waals surface area contributed by atoms with Gasteiger partial charge in [0.1, 0.15) is 5.01 Å². The number of hydrogen-bond acceptors (Lipinski definition) is 6. The van der Waals surface area contributed by atoms with Crippen LogP contribution in [0.25, 0.3) is 11.3 Å². The van der Waals surface area contributed by atoms with E-state index in [4.69, 9.17) is 5.26 Å². The third-order valence-electron chi connectivity index (χ3n) is 3.25. The molecule has 2 atom stereocenters. The first-order valence-corrected chi connectivity index (χ1v) is 8.69. The normalized spacial score (nSPS) is 12.9. The molecule has 0 bridgehead atoms. The van der Waals surface area contributed by atoms with Crippen LogP contribution in [0.15, 0.2) is 29.6 Å². The number of carbonyl (C=O) groups excluding carboxylic acids is 1. The first kappa shape index (κ1) is 16.2. The van der Waals surface area contributed by atoms with Crippen molar-refractivity contribution in [2.45, 2.75) is 18.1 Å². The van der Waals surface area contributed by atoms with E-state index >= 15 is 0 Å². The van der Waals surface area contributed by atoms with E-state index in [9.17, 15) is 10.1 Å². The predicted octanol–water partition coefficient (Wildman–Crippen LogP) is 3.61. The summed E-state index contributed by atoms with van der Waals surface area (Å²) in [7, 11) is 0. The molecule has 22 heavy (non-hydrogen) atoms. The van der Waals surface area contributed by atoms with Gasteiger partial charge in [-0.1, -0.05) is 12.1 Å². The molecule has 0 spiro atoms. The maximum Gasteiger partial charge on any atom is 0.169 e. The minimum Gasteiger partial charge on any atom is -0.296 e. The highest BCUT2D eigenvalue weighted by molar-refractivity contribution is 7.99. The summed E-state index contributed by atoms with van der Waals surface area (Å²) in [6.07, 6.45) is 1.85. The van der Waals surface area contributed by atoms with Gasteiger partial charge < -0.3 is 0 Å². The summed E-state index contributed by atoms with van der Waals surface area (Å²) in [4.78, 5) is 16.7. The van der Waals surface area contributed by atoms with E-state index in [-0.39, 0.29) is 11.0 Å². The summed E-state index contributed by atoms with van der Waals surface area (Å²) < 4.78 is 0. The minimum absolute atomic E-state index is 0.115. The Hall–Kier alpha value is -2.15. The number of hydrogen-bond donors (Lipinski definition) is 0. The van der Waals surface area contributed by atoms with E-state index in [0.29, 0.717) is 16.3 Å². The lowest BCUT2D eigenvalue weighted by Crippen LogP contribution is -2.20. The molecular weight excluding hydrogens is 314 g/mol. The molecule has 2 aromatic rings. The minimum atomic E-state index is -0.820. The molecule has 1 aromatic carbocycles. The second kappa shape index (κ2) is 7.22. The molecule has 6 heteroatoms. The summed E-state index contributed by atoms with van der Waals surface area (Å²) in [5.41, 5.74) is 2.16. The first-order chi connectivity index (χ1) is 10.6. The van der Waals surface area contributed by atoms with E-state index in [1.807, 2.05) is 23.8 Å². The van der Waals surface area contributed by atoms with E-state index in [0.717, 1.165) is 5.56 Å². The zero-order valence-electron chi connectivity index (χ0n) is 12.1. The van der Waals surface area contributed by atoms with E-state index in [2.05, 4.69) is 17.1 Å². The Kier molecular flexibility index (Phi) is 5.32. The highest BCUT2D eigenvalue weighted by Crippen LogP contribution is 2.29. The highest BCUT2D eigenvalue weighted by atomic mass is 32.2. The zero-order chi connectivity index (χ0) is 16.1. The number of nitriles is 2. The fourth-order valence-corrected chi connectivity index (χ4v) is 3.11. The molecule has 0 fully saturated rings. The molecule has 0 N–H and O–H groups in total. The Morgan fingerprint density at radius 3 is 2.55 bits per heavy atom. The van der Waals surface area contributed by atoms with Crippen LogP contribution in [0.4, 0.5) is 0 Å². The van der Waals surface area contributed by atoms with Crippen molar-refractivity contribution >= 4 is 28.9 Å². The molecule has 0 saturated heterocycles. The molecular formula is C16H13N3OS2. The standard InChI is InChI=1S/C16H13N3OS2/c1-10(21-2)15(20)13(8-18)16-19-14(9-22-16)12-5-3-11(7-17)4-6-12/h3-6,9-10,13H,1-2H3/t10-,13-/m1/s1. The Morgan fingerprint density at radius 2 is 2.00 bits per heavy atom. The predicted molar refractivity (Wildman–Crippen MR) is 88.6 cm³/mol. The summed E-state index contributed by atoms with van der Waals surface area (Å²) in [5, 5.41) is 20.2. The third-order valence-corrected chi connectivity index (χ3v) is 5.10. The van der Waals surface area contributed by atoms with Crippen LogP contribution in [0, 0.1) is 22.7 Å². The van der Waals surface area contributed by atoms with Crippen LogP contribution in [0.5, 0.6) is 0 Å². The Labute approximate surface area is 137 Å². The number of carbonyl (C=O) groups is 1. The molecule has 0 saturated carbocycles. The van der Waals surface area contributed by atoms with E-state index < -0.39 is 5.92 Å². The molecule has 0 radical (unpaired) electrons. The molecule has 1 aromatic heterocycles. The quantitative estimate of drug-likeness (QED) is 0.838. The average Bonchev–Trinajstić information content (AvgIpc) is 3.04. The molecule has 0 aliphatic rings. The van der Waals surface area contributed by atoms with Gasteiger partial charge in [-0.25, -0.2) is 4.98 Å². The topological polar surface area (TPSA) is 77.5 Å². The zero-order valence-corrected chi connectivity index (χ0v) is 13.7. The molecule has 0 amide bonds. The van der Waals surface area contributed by atoms with Crippen LogP contribution in [0.2, 0.25) is 0 Å². The lowest BCUT2D eigenvalue weighted by molar-refractivity contribution is -0.118. The number of thiazole rings is 1. The van der Waals surface area contributed by atoms with Gasteiger partial charge in [0, 0.05) is 10.9 Å². The fraction of sp³-hybridized carbons (Fsp3) is 0.250. The van der Waals surface area contributed by atoms with Gasteiger partial charge in [-0.3, -0.25) is 4.79 Å². The van der Waals surface area contributed by atoms with Crippen molar-refractivity contribution in [3.8, 4) is 23.4 Å². The summed E-state index contributed by atoms with van der Waals surface area (Å²) in [6.45, 7) is 1.80. The van der Waals surface area contributed by atoms with Gasteiger partial charge in [-0.05, 0) is 25.3 Å². The van der Waals surface area contributed by atoms with Gasteiger partial charge >= 0.3 is 0 Å². The maximum absolute atomic E-state index is 12.2. The summed E-state index contributed by atoms with van der Waals surface area (Å²) in [5.74, 6) is -0.935. The van der Waals surface area contributed by atoms with Crippen LogP contribution in [0.1, 0.15) is 23.4 Å². The van der Waals surface area contributed by atoms with Crippen molar-refractivity contribution in [1.82, 2.24) is 4.98 Å². The molecule has 2 rings (SSSR count). The van der Waals surface area contributed by atoms with Gasteiger partial charge in [0.15, 0.2) is 11.7 Å². The number of rotatable bonds is 5. The number of ketones is 1. The monoisotopic (exact) mass is 327 g/mol. The number of nitrogens with zero attached hydrogens (tertiary/aromatic N) is 3. The summed E-state index contributed by atoms with van der Waals surface area (Å²) >= 11 is 2.74. The third kappa shape index (κ3) is 3.36. The SMILES string of the molecule is CS[C@H](C)C(=O)[C@@H](C#N)c1nc(-c2ccc(C#N)cc2)cs1. The van der Waals surface area contributed by atoms with Crippen molar-refractivity contribution in [3.05, 3.63) is 40.2 Å². The van der Waals surface area contributed by atoms with Crippen molar-refractivity contribution in [2.75, 3.05) is 6.26 Å². The number of Topliss-reactive ketones (excluding diaryl/α,β-unsaturated/α-hetero) is 1. The van der Waals surface area contributed by atoms with Gasteiger partial charge in [0.25, 0.3) is 0 Å². The number of aromatic nitrogens is 1. The molecule has 0 aliphatic carbocycles. The molecule has 110 valence electrons. The molecule has 0 aliphatic heterocycles. The molecule has 4 nitrogen and oxygen atoms in total. The Balaban J connectivity index is 2.28. The van der Waals surface area contributed by atoms with Crippen LogP contribution in [0.3, 0.4) is 0 Å². The van der Waals surface area contributed by atoms with Gasteiger partial charge in [0.2, 0.25) is 0 Å². The van der Waals surface area contributed by atoms with Crippen LogP contribution < -0.4 is 0 Å². The van der Waals surface area contributed by atoms with E-state index in [1.165, 1.54) is 23.1 Å². The van der Waals surface area contributed by atoms with E-state index in [1.54, 1.807) is 19.1 Å². The number of thioether (sulfide) groups is 1. The molecule has 1 heterocycles. The fourth-order valence-electron chi connectivity index (χ4n) is 1.86. The first-order valence-electron chi connectivity index (χ1n) is 6.52. The molecule has 0 unspecified atom stereocenters. The largest absolute Gasteiger partial charge is 0.296 e. The van der Waals surface area contributed by atoms with Crippen LogP contribution in [-0.4, -0.2) is 22.3 Å². The average molecular weight is 327 g/mol. The van der Waals surface area contributed by atoms with Crippen LogP contribution in [-0.2, 0) is 4.79 Å². The Bertz CT molecular complexity index is 753. The van der Waals surface area contributed by atoms with Crippen molar-refractivity contribution in [1.29, 1.82) is 10.5 Å². The highest BCUT2D eigenvalue weighted by Gasteiger charge is 2.27. The van der Waals surface area contributed by atoms with Crippen molar-refractivity contribution in [2.24, 2.45) is 0 Å². The summed E-state index contributed by atoms with van der Waals surface area (Å²) in [6, 6.07) is 11.2. The van der Waals surface area contributed by atoms with Crippen molar-refractivity contribution in [3.63, 3.8) is 0 Å². The second-order valence-electron chi connectivity index (χ2n) is 4.60. The maximum atomic E-state index is 12.2. The van der Waals surface area contributed by atoms with Crippen LogP contribution >= 0.6 is 23.1 Å². The lowest BCUT2D eigenvalue weighted by Gasteiger charge is -2.09.